The Morgan fingerprint density at radius 1 is 1.06 bits per heavy atom. The third kappa shape index (κ3) is 7.24. The minimum atomic E-state index is -0.250. The van der Waals surface area contributed by atoms with Crippen LogP contribution in [0.15, 0.2) is 68.6 Å². The molecule has 166 valence electrons. The molecule has 0 aliphatic heterocycles. The zero-order valence-corrected chi connectivity index (χ0v) is 21.6. The molecule has 0 unspecified atom stereocenters. The first-order valence-electron chi connectivity index (χ1n) is 9.50. The summed E-state index contributed by atoms with van der Waals surface area (Å²) in [4.78, 5) is 12.0. The van der Waals surface area contributed by atoms with Gasteiger partial charge in [0.2, 0.25) is 0 Å². The fourth-order valence-electron chi connectivity index (χ4n) is 2.65. The zero-order valence-electron chi connectivity index (χ0n) is 17.0. The number of hydrogen-bond acceptors (Lipinski definition) is 4. The van der Waals surface area contributed by atoms with Gasteiger partial charge >= 0.3 is 0 Å². The second kappa shape index (κ2) is 11.7. The smallest absolute Gasteiger partial charge is 0.259 e. The van der Waals surface area contributed by atoms with E-state index in [4.69, 9.17) is 27.9 Å². The van der Waals surface area contributed by atoms with Gasteiger partial charge in [-0.25, -0.2) is 5.43 Å². The van der Waals surface area contributed by atoms with E-state index in [9.17, 15) is 4.79 Å². The molecule has 0 fully saturated rings. The summed E-state index contributed by atoms with van der Waals surface area (Å²) >= 11 is 19.2. The molecule has 3 aromatic carbocycles. The van der Waals surface area contributed by atoms with Crippen molar-refractivity contribution in [1.82, 2.24) is 5.43 Å². The van der Waals surface area contributed by atoms with Crippen LogP contribution in [-0.2, 0) is 11.4 Å². The number of nitrogens with one attached hydrogen (secondary N) is 2. The zero-order chi connectivity index (χ0) is 23.1. The number of rotatable bonds is 8. The Morgan fingerprint density at radius 3 is 2.41 bits per heavy atom. The highest BCUT2D eigenvalue weighted by Crippen LogP contribution is 2.35. The molecule has 0 spiro atoms. The predicted octanol–water partition coefficient (Wildman–Crippen LogP) is 6.97. The molecular weight excluding hydrogens is 581 g/mol. The van der Waals surface area contributed by atoms with E-state index in [-0.39, 0.29) is 19.1 Å². The number of benzene rings is 3. The summed E-state index contributed by atoms with van der Waals surface area (Å²) < 4.78 is 7.36. The number of halogens is 4. The molecule has 0 heterocycles. The van der Waals surface area contributed by atoms with Crippen molar-refractivity contribution in [3.8, 4) is 5.75 Å². The van der Waals surface area contributed by atoms with E-state index < -0.39 is 0 Å². The van der Waals surface area contributed by atoms with Gasteiger partial charge in [-0.1, -0.05) is 47.0 Å². The number of hydrazone groups is 1. The quantitative estimate of drug-likeness (QED) is 0.217. The van der Waals surface area contributed by atoms with Crippen LogP contribution in [0.5, 0.6) is 5.75 Å². The maximum absolute atomic E-state index is 12.0. The Bertz CT molecular complexity index is 1120. The minimum absolute atomic E-state index is 0.119. The standard InChI is InChI=1S/C23H19Br2Cl2N3O2/c1-14-2-6-18(7-3-14)28-12-22(31)30-29-11-15-8-19(24)23(20(25)9-15)32-13-16-4-5-17(26)10-21(16)27/h2-11,28H,12-13H2,1H3,(H,30,31)/b29-11-. The summed E-state index contributed by atoms with van der Waals surface area (Å²) in [5.74, 6) is 0.374. The average molecular weight is 600 g/mol. The molecule has 32 heavy (non-hydrogen) atoms. The van der Waals surface area contributed by atoms with Crippen molar-refractivity contribution in [3.63, 3.8) is 0 Å². The average Bonchev–Trinajstić information content (AvgIpc) is 2.74. The molecule has 1 amide bonds. The normalized spacial score (nSPS) is 10.9. The maximum atomic E-state index is 12.0. The number of ether oxygens (including phenoxy) is 1. The monoisotopic (exact) mass is 597 g/mol. The summed E-state index contributed by atoms with van der Waals surface area (Å²) in [5.41, 5.74) is 6.13. The number of amides is 1. The number of anilines is 1. The van der Waals surface area contributed by atoms with E-state index in [0.29, 0.717) is 15.8 Å². The van der Waals surface area contributed by atoms with Crippen molar-refractivity contribution < 1.29 is 9.53 Å². The number of nitrogens with zero attached hydrogens (tertiary/aromatic N) is 1. The minimum Gasteiger partial charge on any atom is -0.486 e. The van der Waals surface area contributed by atoms with Gasteiger partial charge in [-0.05, 0) is 80.7 Å². The lowest BCUT2D eigenvalue weighted by atomic mass is 10.2. The van der Waals surface area contributed by atoms with Crippen LogP contribution in [0.3, 0.4) is 0 Å². The fourth-order valence-corrected chi connectivity index (χ4v) is 4.57. The highest BCUT2D eigenvalue weighted by atomic mass is 79.9. The van der Waals surface area contributed by atoms with Gasteiger partial charge < -0.3 is 10.1 Å². The topological polar surface area (TPSA) is 62.7 Å². The third-order valence-corrected chi connectivity index (χ3v) is 6.08. The van der Waals surface area contributed by atoms with Crippen LogP contribution in [0, 0.1) is 6.92 Å². The van der Waals surface area contributed by atoms with Crippen LogP contribution in [0.4, 0.5) is 5.69 Å². The molecule has 0 aliphatic carbocycles. The van der Waals surface area contributed by atoms with Crippen molar-refractivity contribution in [3.05, 3.63) is 90.3 Å². The molecule has 0 atom stereocenters. The highest BCUT2D eigenvalue weighted by molar-refractivity contribution is 9.11. The van der Waals surface area contributed by atoms with E-state index in [2.05, 4.69) is 47.7 Å². The molecule has 5 nitrogen and oxygen atoms in total. The lowest BCUT2D eigenvalue weighted by Gasteiger charge is -2.12. The van der Waals surface area contributed by atoms with Gasteiger partial charge in [0, 0.05) is 21.3 Å². The molecule has 0 saturated carbocycles. The van der Waals surface area contributed by atoms with Gasteiger partial charge in [0.25, 0.3) is 5.91 Å². The third-order valence-electron chi connectivity index (χ3n) is 4.32. The number of carbonyl (C=O) groups excluding carboxylic acids is 1. The van der Waals surface area contributed by atoms with Crippen molar-refractivity contribution in [2.45, 2.75) is 13.5 Å². The Hall–Kier alpha value is -2.06. The lowest BCUT2D eigenvalue weighted by Crippen LogP contribution is -2.25. The molecule has 0 aromatic heterocycles. The number of carbonyl (C=O) groups is 1. The van der Waals surface area contributed by atoms with E-state index in [0.717, 1.165) is 31.3 Å². The maximum Gasteiger partial charge on any atom is 0.259 e. The summed E-state index contributed by atoms with van der Waals surface area (Å²) in [6.07, 6.45) is 1.55. The number of hydrogen-bond donors (Lipinski definition) is 2. The second-order valence-corrected chi connectivity index (χ2v) is 9.40. The van der Waals surface area contributed by atoms with Crippen LogP contribution in [0.25, 0.3) is 0 Å². The summed E-state index contributed by atoms with van der Waals surface area (Å²) in [6.45, 7) is 2.41. The Morgan fingerprint density at radius 2 is 1.75 bits per heavy atom. The van der Waals surface area contributed by atoms with Gasteiger partial charge in [-0.3, -0.25) is 4.79 Å². The van der Waals surface area contributed by atoms with Crippen molar-refractivity contribution >= 4 is 72.9 Å². The molecule has 0 bridgehead atoms. The molecule has 3 aromatic rings. The van der Waals surface area contributed by atoms with E-state index in [1.54, 1.807) is 18.3 Å². The lowest BCUT2D eigenvalue weighted by molar-refractivity contribution is -0.119. The summed E-state index contributed by atoms with van der Waals surface area (Å²) in [5, 5.41) is 8.18. The Kier molecular flexibility index (Phi) is 8.99. The van der Waals surface area contributed by atoms with Crippen molar-refractivity contribution in [2.75, 3.05) is 11.9 Å². The van der Waals surface area contributed by atoms with E-state index in [1.807, 2.05) is 49.4 Å². The van der Waals surface area contributed by atoms with Gasteiger partial charge in [-0.2, -0.15) is 5.10 Å². The Labute approximate surface area is 213 Å². The van der Waals surface area contributed by atoms with Crippen LogP contribution in [0.1, 0.15) is 16.7 Å². The molecular formula is C23H19Br2Cl2N3O2. The SMILES string of the molecule is Cc1ccc(NCC(=O)N/N=C\c2cc(Br)c(OCc3ccc(Cl)cc3Cl)c(Br)c2)cc1. The fraction of sp³-hybridized carbons (Fsp3) is 0.130. The van der Waals surface area contributed by atoms with Crippen molar-refractivity contribution in [1.29, 1.82) is 0 Å². The molecule has 9 heteroatoms. The van der Waals surface area contributed by atoms with Crippen LogP contribution < -0.4 is 15.5 Å². The summed E-state index contributed by atoms with van der Waals surface area (Å²) in [6, 6.07) is 16.7. The van der Waals surface area contributed by atoms with Crippen LogP contribution in [-0.4, -0.2) is 18.7 Å². The molecule has 2 N–H and O–H groups in total. The number of aryl methyl sites for hydroxylation is 1. The first-order valence-corrected chi connectivity index (χ1v) is 11.8. The van der Waals surface area contributed by atoms with Crippen LogP contribution in [0.2, 0.25) is 10.0 Å². The van der Waals surface area contributed by atoms with Gasteiger partial charge in [0.1, 0.15) is 12.4 Å². The highest BCUT2D eigenvalue weighted by Gasteiger charge is 2.10. The molecule has 0 radical (unpaired) electrons. The molecule has 0 saturated heterocycles. The van der Waals surface area contributed by atoms with E-state index in [1.165, 1.54) is 0 Å². The van der Waals surface area contributed by atoms with Crippen LogP contribution >= 0.6 is 55.1 Å². The van der Waals surface area contributed by atoms with E-state index >= 15 is 0 Å². The van der Waals surface area contributed by atoms with Gasteiger partial charge in [0.15, 0.2) is 0 Å². The van der Waals surface area contributed by atoms with Crippen molar-refractivity contribution in [2.24, 2.45) is 5.10 Å². The molecule has 3 rings (SSSR count). The first kappa shape index (κ1) is 24.6. The summed E-state index contributed by atoms with van der Waals surface area (Å²) in [7, 11) is 0. The largest absolute Gasteiger partial charge is 0.486 e. The predicted molar refractivity (Wildman–Crippen MR) is 138 cm³/mol. The first-order chi connectivity index (χ1) is 15.3. The van der Waals surface area contributed by atoms with Gasteiger partial charge in [-0.15, -0.1) is 0 Å². The second-order valence-electron chi connectivity index (χ2n) is 6.85. The Balaban J connectivity index is 1.55. The van der Waals surface area contributed by atoms with Gasteiger partial charge in [0.05, 0.1) is 21.7 Å². The molecule has 0 aliphatic rings.